The Hall–Kier alpha value is -0.650. The Balaban J connectivity index is 2.11. The second kappa shape index (κ2) is 9.28. The minimum atomic E-state index is -0.0571. The summed E-state index contributed by atoms with van der Waals surface area (Å²) in [6.45, 7) is 5.76. The highest BCUT2D eigenvalue weighted by atomic mass is 16.5. The molecule has 0 saturated heterocycles. The van der Waals surface area contributed by atoms with E-state index in [1.165, 1.54) is 0 Å². The van der Waals surface area contributed by atoms with Gasteiger partial charge in [0.1, 0.15) is 6.61 Å². The molecule has 2 N–H and O–H groups in total. The van der Waals surface area contributed by atoms with Crippen LogP contribution in [0.25, 0.3) is 0 Å². The Labute approximate surface area is 116 Å². The lowest BCUT2D eigenvalue weighted by Gasteiger charge is -2.28. The fourth-order valence-electron chi connectivity index (χ4n) is 2.52. The second-order valence-electron chi connectivity index (χ2n) is 5.27. The highest BCUT2D eigenvalue weighted by Crippen LogP contribution is 2.20. The first-order chi connectivity index (χ1) is 9.15. The summed E-state index contributed by atoms with van der Waals surface area (Å²) in [6.07, 6.45) is 4.59. The van der Waals surface area contributed by atoms with Gasteiger partial charge in [-0.1, -0.05) is 6.92 Å². The number of carbonyl (C=O) groups is 1. The van der Waals surface area contributed by atoms with Crippen LogP contribution in [0.15, 0.2) is 0 Å². The monoisotopic (exact) mass is 272 g/mol. The third kappa shape index (κ3) is 6.89. The summed E-state index contributed by atoms with van der Waals surface area (Å²) in [4.78, 5) is 11.6. The Morgan fingerprint density at radius 1 is 1.32 bits per heavy atom. The smallest absolute Gasteiger partial charge is 0.246 e. The zero-order valence-corrected chi connectivity index (χ0v) is 12.4. The van der Waals surface area contributed by atoms with Crippen molar-refractivity contribution >= 4 is 5.91 Å². The zero-order valence-electron chi connectivity index (χ0n) is 12.4. The molecular formula is C14H28N2O3. The molecule has 1 amide bonds. The van der Waals surface area contributed by atoms with Gasteiger partial charge in [0.15, 0.2) is 0 Å². The number of hydrogen-bond donors (Lipinski definition) is 2. The maximum absolute atomic E-state index is 11.6. The molecule has 1 aliphatic carbocycles. The van der Waals surface area contributed by atoms with Gasteiger partial charge >= 0.3 is 0 Å². The van der Waals surface area contributed by atoms with Gasteiger partial charge in [0.05, 0.1) is 12.7 Å². The standard InChI is InChI=1S/C14H28N2O3/c1-4-15-12-5-7-13(8-6-12)19-10-14(17)16-11(2)9-18-3/h11-13,15H,4-10H2,1-3H3,(H,16,17). The first-order valence-electron chi connectivity index (χ1n) is 7.29. The molecule has 1 atom stereocenters. The lowest BCUT2D eigenvalue weighted by molar-refractivity contribution is -0.129. The van der Waals surface area contributed by atoms with Crippen LogP contribution in [0.2, 0.25) is 0 Å². The third-order valence-corrected chi connectivity index (χ3v) is 3.44. The summed E-state index contributed by atoms with van der Waals surface area (Å²) >= 11 is 0. The Morgan fingerprint density at radius 3 is 2.58 bits per heavy atom. The van der Waals surface area contributed by atoms with E-state index in [0.717, 1.165) is 32.2 Å². The van der Waals surface area contributed by atoms with Gasteiger partial charge in [0.2, 0.25) is 5.91 Å². The lowest BCUT2D eigenvalue weighted by Crippen LogP contribution is -2.40. The maximum atomic E-state index is 11.6. The highest BCUT2D eigenvalue weighted by molar-refractivity contribution is 5.77. The Kier molecular flexibility index (Phi) is 8.02. The third-order valence-electron chi connectivity index (χ3n) is 3.44. The van der Waals surface area contributed by atoms with Crippen molar-refractivity contribution in [3.63, 3.8) is 0 Å². The first kappa shape index (κ1) is 16.4. The minimum Gasteiger partial charge on any atom is -0.383 e. The van der Waals surface area contributed by atoms with Crippen LogP contribution in [0.1, 0.15) is 39.5 Å². The minimum absolute atomic E-state index is 0.0330. The maximum Gasteiger partial charge on any atom is 0.246 e. The van der Waals surface area contributed by atoms with E-state index in [4.69, 9.17) is 9.47 Å². The topological polar surface area (TPSA) is 59.6 Å². The number of amides is 1. The quantitative estimate of drug-likeness (QED) is 0.694. The average molecular weight is 272 g/mol. The van der Waals surface area contributed by atoms with E-state index in [9.17, 15) is 4.79 Å². The fraction of sp³-hybridized carbons (Fsp3) is 0.929. The van der Waals surface area contributed by atoms with Crippen LogP contribution in [0.4, 0.5) is 0 Å². The van der Waals surface area contributed by atoms with Gasteiger partial charge in [-0.2, -0.15) is 0 Å². The molecular weight excluding hydrogens is 244 g/mol. The molecule has 112 valence electrons. The molecule has 0 bridgehead atoms. The van der Waals surface area contributed by atoms with Crippen LogP contribution >= 0.6 is 0 Å². The molecule has 0 aromatic rings. The van der Waals surface area contributed by atoms with Crippen molar-refractivity contribution in [1.29, 1.82) is 0 Å². The van der Waals surface area contributed by atoms with Crippen molar-refractivity contribution in [2.24, 2.45) is 0 Å². The summed E-state index contributed by atoms with van der Waals surface area (Å²) in [5.41, 5.74) is 0. The molecule has 1 rings (SSSR count). The molecule has 1 aliphatic rings. The Morgan fingerprint density at radius 2 is 2.00 bits per heavy atom. The second-order valence-corrected chi connectivity index (χ2v) is 5.27. The molecule has 1 saturated carbocycles. The molecule has 5 heteroatoms. The van der Waals surface area contributed by atoms with Crippen molar-refractivity contribution in [1.82, 2.24) is 10.6 Å². The number of nitrogens with one attached hydrogen (secondary N) is 2. The van der Waals surface area contributed by atoms with E-state index in [1.807, 2.05) is 6.92 Å². The molecule has 1 unspecified atom stereocenters. The van der Waals surface area contributed by atoms with Gasteiger partial charge in [0.25, 0.3) is 0 Å². The number of rotatable bonds is 8. The van der Waals surface area contributed by atoms with Crippen molar-refractivity contribution in [3.05, 3.63) is 0 Å². The molecule has 0 radical (unpaired) electrons. The molecule has 19 heavy (non-hydrogen) atoms. The summed E-state index contributed by atoms with van der Waals surface area (Å²) in [5.74, 6) is -0.0571. The van der Waals surface area contributed by atoms with Crippen LogP contribution in [0, 0.1) is 0 Å². The Bertz CT molecular complexity index is 253. The fourth-order valence-corrected chi connectivity index (χ4v) is 2.52. The lowest BCUT2D eigenvalue weighted by atomic mass is 9.93. The predicted octanol–water partition coefficient (Wildman–Crippen LogP) is 1.07. The van der Waals surface area contributed by atoms with Gasteiger partial charge in [0, 0.05) is 19.2 Å². The summed E-state index contributed by atoms with van der Waals surface area (Å²) < 4.78 is 10.6. The number of carbonyl (C=O) groups excluding carboxylic acids is 1. The molecule has 0 aromatic heterocycles. The molecule has 5 nitrogen and oxygen atoms in total. The largest absolute Gasteiger partial charge is 0.383 e. The number of methoxy groups -OCH3 is 1. The van der Waals surface area contributed by atoms with Crippen LogP contribution in [-0.2, 0) is 14.3 Å². The van der Waals surface area contributed by atoms with E-state index in [1.54, 1.807) is 7.11 Å². The van der Waals surface area contributed by atoms with Crippen LogP contribution in [0.3, 0.4) is 0 Å². The molecule has 1 fully saturated rings. The SMILES string of the molecule is CCNC1CCC(OCC(=O)NC(C)COC)CC1. The van der Waals surface area contributed by atoms with Gasteiger partial charge in [-0.25, -0.2) is 0 Å². The highest BCUT2D eigenvalue weighted by Gasteiger charge is 2.21. The number of ether oxygens (including phenoxy) is 2. The van der Waals surface area contributed by atoms with E-state index >= 15 is 0 Å². The van der Waals surface area contributed by atoms with Gasteiger partial charge in [-0.3, -0.25) is 4.79 Å². The van der Waals surface area contributed by atoms with E-state index < -0.39 is 0 Å². The van der Waals surface area contributed by atoms with Crippen LogP contribution in [-0.4, -0.2) is 51.0 Å². The van der Waals surface area contributed by atoms with Gasteiger partial charge < -0.3 is 20.1 Å². The number of hydrogen-bond acceptors (Lipinski definition) is 4. The summed E-state index contributed by atoms with van der Waals surface area (Å²) in [5, 5.41) is 6.31. The van der Waals surface area contributed by atoms with Crippen molar-refractivity contribution in [2.75, 3.05) is 26.9 Å². The van der Waals surface area contributed by atoms with Gasteiger partial charge in [-0.05, 0) is 39.2 Å². The predicted molar refractivity (Wildman–Crippen MR) is 75.2 cm³/mol. The molecule has 0 spiro atoms. The molecule has 0 aromatic carbocycles. The van der Waals surface area contributed by atoms with E-state index in [0.29, 0.717) is 12.6 Å². The van der Waals surface area contributed by atoms with Crippen LogP contribution < -0.4 is 10.6 Å². The summed E-state index contributed by atoms with van der Waals surface area (Å²) in [7, 11) is 1.63. The summed E-state index contributed by atoms with van der Waals surface area (Å²) in [6, 6.07) is 0.658. The average Bonchev–Trinajstić information content (AvgIpc) is 2.38. The van der Waals surface area contributed by atoms with Crippen molar-refractivity contribution in [2.45, 2.75) is 57.7 Å². The van der Waals surface area contributed by atoms with Crippen molar-refractivity contribution < 1.29 is 14.3 Å². The van der Waals surface area contributed by atoms with E-state index in [-0.39, 0.29) is 24.7 Å². The first-order valence-corrected chi connectivity index (χ1v) is 7.29. The molecule has 0 aliphatic heterocycles. The van der Waals surface area contributed by atoms with Gasteiger partial charge in [-0.15, -0.1) is 0 Å². The zero-order chi connectivity index (χ0) is 14.1. The normalized spacial score (nSPS) is 25.0. The molecule has 0 heterocycles. The van der Waals surface area contributed by atoms with Crippen LogP contribution in [0.5, 0.6) is 0 Å². The van der Waals surface area contributed by atoms with E-state index in [2.05, 4.69) is 17.6 Å². The van der Waals surface area contributed by atoms with Crippen molar-refractivity contribution in [3.8, 4) is 0 Å².